The molecular weight excluding hydrogens is 268 g/mol. The molecule has 0 saturated heterocycles. The summed E-state index contributed by atoms with van der Waals surface area (Å²) >= 11 is 3.41. The molecule has 2 aromatic heterocycles. The fourth-order valence-electron chi connectivity index (χ4n) is 1.58. The van der Waals surface area contributed by atoms with E-state index in [0.717, 1.165) is 23.3 Å². The van der Waals surface area contributed by atoms with Crippen LogP contribution in [0.2, 0.25) is 0 Å². The number of furan rings is 1. The largest absolute Gasteiger partial charge is 0.468 e. The van der Waals surface area contributed by atoms with Crippen LogP contribution in [0, 0.1) is 0 Å². The molecular formula is C12H13BrN2O. The van der Waals surface area contributed by atoms with Crippen LogP contribution in [0.3, 0.4) is 0 Å². The van der Waals surface area contributed by atoms with E-state index in [1.165, 1.54) is 5.56 Å². The predicted octanol–water partition coefficient (Wildman–Crippen LogP) is 3.07. The van der Waals surface area contributed by atoms with Crippen molar-refractivity contribution in [2.45, 2.75) is 13.1 Å². The lowest BCUT2D eigenvalue weighted by Gasteiger charge is -2.14. The second kappa shape index (κ2) is 5.27. The van der Waals surface area contributed by atoms with E-state index in [1.54, 1.807) is 12.5 Å². The Labute approximate surface area is 103 Å². The Morgan fingerprint density at radius 1 is 1.38 bits per heavy atom. The van der Waals surface area contributed by atoms with Crippen molar-refractivity contribution in [1.29, 1.82) is 0 Å². The van der Waals surface area contributed by atoms with Crippen LogP contribution >= 0.6 is 15.9 Å². The average molecular weight is 281 g/mol. The zero-order valence-corrected chi connectivity index (χ0v) is 10.6. The van der Waals surface area contributed by atoms with Gasteiger partial charge in [0.1, 0.15) is 5.76 Å². The lowest BCUT2D eigenvalue weighted by molar-refractivity contribution is 0.287. The quantitative estimate of drug-likeness (QED) is 0.862. The molecule has 0 saturated carbocycles. The number of rotatable bonds is 4. The monoisotopic (exact) mass is 280 g/mol. The molecule has 3 nitrogen and oxygen atoms in total. The van der Waals surface area contributed by atoms with Gasteiger partial charge in [-0.1, -0.05) is 0 Å². The third-order valence-corrected chi connectivity index (χ3v) is 2.65. The highest BCUT2D eigenvalue weighted by Gasteiger charge is 2.04. The van der Waals surface area contributed by atoms with E-state index in [1.807, 2.05) is 18.3 Å². The van der Waals surface area contributed by atoms with E-state index in [2.05, 4.69) is 38.9 Å². The SMILES string of the molecule is CN(Cc1cncc(Br)c1)Cc1ccco1. The molecule has 16 heavy (non-hydrogen) atoms. The maximum Gasteiger partial charge on any atom is 0.117 e. The minimum atomic E-state index is 0.805. The summed E-state index contributed by atoms with van der Waals surface area (Å²) in [5, 5.41) is 0. The Hall–Kier alpha value is -1.13. The van der Waals surface area contributed by atoms with Gasteiger partial charge in [0, 0.05) is 23.4 Å². The molecule has 0 atom stereocenters. The fraction of sp³-hybridized carbons (Fsp3) is 0.250. The summed E-state index contributed by atoms with van der Waals surface area (Å²) < 4.78 is 6.31. The summed E-state index contributed by atoms with van der Waals surface area (Å²) in [6, 6.07) is 5.96. The molecule has 2 aromatic rings. The van der Waals surface area contributed by atoms with Gasteiger partial charge in [-0.05, 0) is 46.7 Å². The van der Waals surface area contributed by atoms with Crippen molar-refractivity contribution in [3.63, 3.8) is 0 Å². The Bertz CT molecular complexity index is 442. The van der Waals surface area contributed by atoms with Crippen molar-refractivity contribution in [3.05, 3.63) is 52.7 Å². The molecule has 0 aliphatic carbocycles. The smallest absolute Gasteiger partial charge is 0.117 e. The second-order valence-corrected chi connectivity index (χ2v) is 4.68. The number of hydrogen-bond donors (Lipinski definition) is 0. The zero-order valence-electron chi connectivity index (χ0n) is 9.06. The van der Waals surface area contributed by atoms with Gasteiger partial charge >= 0.3 is 0 Å². The summed E-state index contributed by atoms with van der Waals surface area (Å²) in [5.74, 6) is 0.977. The lowest BCUT2D eigenvalue weighted by Crippen LogP contribution is -2.16. The van der Waals surface area contributed by atoms with E-state index in [-0.39, 0.29) is 0 Å². The molecule has 0 N–H and O–H groups in total. The van der Waals surface area contributed by atoms with Gasteiger partial charge in [-0.2, -0.15) is 0 Å². The average Bonchev–Trinajstić information content (AvgIpc) is 2.70. The molecule has 0 unspecified atom stereocenters. The van der Waals surface area contributed by atoms with Crippen LogP contribution in [0.15, 0.2) is 45.7 Å². The third kappa shape index (κ3) is 3.18. The summed E-state index contributed by atoms with van der Waals surface area (Å²) in [7, 11) is 2.06. The molecule has 0 bridgehead atoms. The highest BCUT2D eigenvalue weighted by atomic mass is 79.9. The van der Waals surface area contributed by atoms with E-state index in [9.17, 15) is 0 Å². The molecule has 0 aromatic carbocycles. The van der Waals surface area contributed by atoms with Gasteiger partial charge in [-0.3, -0.25) is 9.88 Å². The van der Waals surface area contributed by atoms with Gasteiger partial charge in [0.15, 0.2) is 0 Å². The second-order valence-electron chi connectivity index (χ2n) is 3.76. The number of hydrogen-bond acceptors (Lipinski definition) is 3. The molecule has 0 aliphatic heterocycles. The number of nitrogens with zero attached hydrogens (tertiary/aromatic N) is 2. The molecule has 0 amide bonds. The molecule has 0 aliphatic rings. The first-order valence-electron chi connectivity index (χ1n) is 5.04. The summed E-state index contributed by atoms with van der Waals surface area (Å²) in [4.78, 5) is 6.32. The highest BCUT2D eigenvalue weighted by molar-refractivity contribution is 9.10. The Morgan fingerprint density at radius 3 is 2.94 bits per heavy atom. The molecule has 2 rings (SSSR count). The Kier molecular flexibility index (Phi) is 3.74. The zero-order chi connectivity index (χ0) is 11.4. The summed E-state index contributed by atoms with van der Waals surface area (Å²) in [6.07, 6.45) is 5.36. The van der Waals surface area contributed by atoms with Crippen LogP contribution in [-0.2, 0) is 13.1 Å². The summed E-state index contributed by atoms with van der Waals surface area (Å²) in [6.45, 7) is 1.66. The number of aromatic nitrogens is 1. The number of pyridine rings is 1. The lowest BCUT2D eigenvalue weighted by atomic mass is 10.2. The Morgan fingerprint density at radius 2 is 2.25 bits per heavy atom. The van der Waals surface area contributed by atoms with Gasteiger partial charge in [0.05, 0.1) is 12.8 Å². The topological polar surface area (TPSA) is 29.3 Å². The van der Waals surface area contributed by atoms with E-state index < -0.39 is 0 Å². The molecule has 0 fully saturated rings. The third-order valence-electron chi connectivity index (χ3n) is 2.22. The van der Waals surface area contributed by atoms with Gasteiger partial charge < -0.3 is 4.42 Å². The minimum Gasteiger partial charge on any atom is -0.468 e. The first kappa shape index (κ1) is 11.4. The van der Waals surface area contributed by atoms with Crippen molar-refractivity contribution in [2.24, 2.45) is 0 Å². The standard InChI is InChI=1S/C12H13BrN2O/c1-15(9-12-3-2-4-16-12)8-10-5-11(13)7-14-6-10/h2-7H,8-9H2,1H3. The molecule has 0 radical (unpaired) electrons. The maximum atomic E-state index is 5.30. The van der Waals surface area contributed by atoms with Crippen molar-refractivity contribution in [2.75, 3.05) is 7.05 Å². The van der Waals surface area contributed by atoms with Crippen LogP contribution < -0.4 is 0 Å². The first-order chi connectivity index (χ1) is 7.74. The number of halogens is 1. The first-order valence-corrected chi connectivity index (χ1v) is 5.84. The Balaban J connectivity index is 1.94. The van der Waals surface area contributed by atoms with Crippen molar-refractivity contribution in [1.82, 2.24) is 9.88 Å². The van der Waals surface area contributed by atoms with Gasteiger partial charge in [-0.25, -0.2) is 0 Å². The van der Waals surface area contributed by atoms with E-state index >= 15 is 0 Å². The van der Waals surface area contributed by atoms with Crippen molar-refractivity contribution < 1.29 is 4.42 Å². The molecule has 0 spiro atoms. The molecule has 84 valence electrons. The van der Waals surface area contributed by atoms with Gasteiger partial charge in [0.25, 0.3) is 0 Å². The van der Waals surface area contributed by atoms with E-state index in [0.29, 0.717) is 0 Å². The molecule has 4 heteroatoms. The van der Waals surface area contributed by atoms with Crippen molar-refractivity contribution in [3.8, 4) is 0 Å². The van der Waals surface area contributed by atoms with Crippen molar-refractivity contribution >= 4 is 15.9 Å². The van der Waals surface area contributed by atoms with Crippen LogP contribution in [0.4, 0.5) is 0 Å². The fourth-order valence-corrected chi connectivity index (χ4v) is 1.99. The summed E-state index contributed by atoms with van der Waals surface area (Å²) in [5.41, 5.74) is 1.18. The minimum absolute atomic E-state index is 0.805. The predicted molar refractivity (Wildman–Crippen MR) is 65.8 cm³/mol. The van der Waals surface area contributed by atoms with Crippen LogP contribution in [0.1, 0.15) is 11.3 Å². The van der Waals surface area contributed by atoms with Gasteiger partial charge in [-0.15, -0.1) is 0 Å². The van der Waals surface area contributed by atoms with E-state index in [4.69, 9.17) is 4.42 Å². The normalized spacial score (nSPS) is 10.9. The van der Waals surface area contributed by atoms with Crippen LogP contribution in [0.25, 0.3) is 0 Å². The molecule has 2 heterocycles. The van der Waals surface area contributed by atoms with Crippen LogP contribution in [-0.4, -0.2) is 16.9 Å². The van der Waals surface area contributed by atoms with Gasteiger partial charge in [0.2, 0.25) is 0 Å². The van der Waals surface area contributed by atoms with Crippen LogP contribution in [0.5, 0.6) is 0 Å². The highest BCUT2D eigenvalue weighted by Crippen LogP contribution is 2.12. The maximum absolute atomic E-state index is 5.30.